The van der Waals surface area contributed by atoms with Gasteiger partial charge < -0.3 is 14.2 Å². The maximum atomic E-state index is 12.2. The normalized spacial score (nSPS) is 21.9. The van der Waals surface area contributed by atoms with E-state index in [1.807, 2.05) is 0 Å². The Hall–Kier alpha value is -1.31. The topological polar surface area (TPSA) is 73.9 Å². The van der Waals surface area contributed by atoms with E-state index < -0.39 is 10.0 Å². The molecule has 1 atom stereocenters. The van der Waals surface area contributed by atoms with Gasteiger partial charge in [-0.05, 0) is 24.5 Å². The van der Waals surface area contributed by atoms with Crippen LogP contribution in [-0.2, 0) is 14.8 Å². The second-order valence-electron chi connectivity index (χ2n) is 4.89. The van der Waals surface area contributed by atoms with E-state index in [0.29, 0.717) is 44.5 Å². The van der Waals surface area contributed by atoms with Crippen LogP contribution in [-0.4, -0.2) is 41.4 Å². The molecule has 2 aliphatic rings. The lowest BCUT2D eigenvalue weighted by molar-refractivity contribution is 0.171. The fourth-order valence-electron chi connectivity index (χ4n) is 2.25. The van der Waals surface area contributed by atoms with E-state index in [0.717, 1.165) is 6.42 Å². The Morgan fingerprint density at radius 2 is 1.95 bits per heavy atom. The summed E-state index contributed by atoms with van der Waals surface area (Å²) in [6.07, 6.45) is 0.893. The minimum absolute atomic E-state index is 0.195. The van der Waals surface area contributed by atoms with Gasteiger partial charge in [0.25, 0.3) is 0 Å². The fraction of sp³-hybridized carbons (Fsp3) is 0.538. The molecule has 0 aliphatic carbocycles. The number of sulfonamides is 1. The summed E-state index contributed by atoms with van der Waals surface area (Å²) in [7, 11) is -3.52. The van der Waals surface area contributed by atoms with Gasteiger partial charge in [0, 0.05) is 19.2 Å². The van der Waals surface area contributed by atoms with Crippen LogP contribution in [0.1, 0.15) is 6.42 Å². The minimum Gasteiger partial charge on any atom is -0.486 e. The highest BCUT2D eigenvalue weighted by Gasteiger charge is 2.22. The molecule has 0 saturated carbocycles. The molecule has 110 valence electrons. The highest BCUT2D eigenvalue weighted by Crippen LogP contribution is 2.32. The van der Waals surface area contributed by atoms with Crippen molar-refractivity contribution in [2.75, 3.05) is 33.0 Å². The lowest BCUT2D eigenvalue weighted by atomic mass is 10.1. The van der Waals surface area contributed by atoms with E-state index in [1.54, 1.807) is 6.07 Å². The van der Waals surface area contributed by atoms with Crippen LogP contribution in [0.15, 0.2) is 23.1 Å². The highest BCUT2D eigenvalue weighted by molar-refractivity contribution is 7.89. The molecule has 6 nitrogen and oxygen atoms in total. The summed E-state index contributed by atoms with van der Waals surface area (Å²) in [4.78, 5) is 0.195. The lowest BCUT2D eigenvalue weighted by Crippen LogP contribution is -2.29. The van der Waals surface area contributed by atoms with Gasteiger partial charge >= 0.3 is 0 Å². The average molecular weight is 299 g/mol. The van der Waals surface area contributed by atoms with Crippen LogP contribution in [0.2, 0.25) is 0 Å². The summed E-state index contributed by atoms with van der Waals surface area (Å²) in [6, 6.07) is 4.66. The van der Waals surface area contributed by atoms with Crippen molar-refractivity contribution in [1.82, 2.24) is 4.72 Å². The second-order valence-corrected chi connectivity index (χ2v) is 6.65. The maximum Gasteiger partial charge on any atom is 0.240 e. The van der Waals surface area contributed by atoms with Crippen LogP contribution in [0.3, 0.4) is 0 Å². The molecular weight excluding hydrogens is 282 g/mol. The quantitative estimate of drug-likeness (QED) is 0.889. The second kappa shape index (κ2) is 5.59. The molecule has 0 radical (unpaired) electrons. The molecule has 7 heteroatoms. The van der Waals surface area contributed by atoms with Gasteiger partial charge in [-0.15, -0.1) is 0 Å². The Morgan fingerprint density at radius 1 is 1.15 bits per heavy atom. The van der Waals surface area contributed by atoms with Crippen LogP contribution in [0.25, 0.3) is 0 Å². The molecule has 1 saturated heterocycles. The van der Waals surface area contributed by atoms with Gasteiger partial charge in [0.05, 0.1) is 11.5 Å². The van der Waals surface area contributed by atoms with Crippen molar-refractivity contribution in [2.24, 2.45) is 5.92 Å². The van der Waals surface area contributed by atoms with Crippen molar-refractivity contribution < 1.29 is 22.6 Å². The average Bonchev–Trinajstić information content (AvgIpc) is 2.98. The lowest BCUT2D eigenvalue weighted by Gasteiger charge is -2.19. The van der Waals surface area contributed by atoms with Gasteiger partial charge in [-0.3, -0.25) is 0 Å². The van der Waals surface area contributed by atoms with Crippen molar-refractivity contribution in [2.45, 2.75) is 11.3 Å². The smallest absolute Gasteiger partial charge is 0.240 e. The summed E-state index contributed by atoms with van der Waals surface area (Å²) in [5, 5.41) is 0. The summed E-state index contributed by atoms with van der Waals surface area (Å²) in [5.74, 6) is 1.31. The first-order valence-electron chi connectivity index (χ1n) is 6.62. The third-order valence-electron chi connectivity index (χ3n) is 3.41. The largest absolute Gasteiger partial charge is 0.486 e. The number of hydrogen-bond acceptors (Lipinski definition) is 5. The number of rotatable bonds is 4. The van der Waals surface area contributed by atoms with Crippen LogP contribution in [0.5, 0.6) is 11.5 Å². The molecule has 0 aromatic heterocycles. The van der Waals surface area contributed by atoms with Crippen molar-refractivity contribution in [3.63, 3.8) is 0 Å². The molecule has 1 aromatic carbocycles. The molecule has 0 amide bonds. The molecule has 1 aromatic rings. The highest BCUT2D eigenvalue weighted by atomic mass is 32.2. The Kier molecular flexibility index (Phi) is 3.82. The molecule has 2 aliphatic heterocycles. The molecule has 20 heavy (non-hydrogen) atoms. The zero-order valence-electron chi connectivity index (χ0n) is 11.0. The van der Waals surface area contributed by atoms with E-state index in [1.165, 1.54) is 12.1 Å². The predicted octanol–water partition coefficient (Wildman–Crippen LogP) is 0.773. The maximum absolute atomic E-state index is 12.2. The van der Waals surface area contributed by atoms with E-state index in [2.05, 4.69) is 4.72 Å². The standard InChI is InChI=1S/C13H17NO5S/c15-20(16,14-8-10-3-4-17-9-10)11-1-2-12-13(7-11)19-6-5-18-12/h1-2,7,10,14H,3-6,8-9H2/t10-/m0/s1. The van der Waals surface area contributed by atoms with E-state index in [9.17, 15) is 8.42 Å². The van der Waals surface area contributed by atoms with E-state index >= 15 is 0 Å². The van der Waals surface area contributed by atoms with Gasteiger partial charge in [-0.1, -0.05) is 0 Å². The summed E-state index contributed by atoms with van der Waals surface area (Å²) < 4.78 is 43.1. The first kappa shape index (κ1) is 13.7. The zero-order valence-corrected chi connectivity index (χ0v) is 11.8. The molecule has 0 spiro atoms. The number of benzene rings is 1. The molecule has 1 N–H and O–H groups in total. The van der Waals surface area contributed by atoms with E-state index in [4.69, 9.17) is 14.2 Å². The van der Waals surface area contributed by atoms with Gasteiger partial charge in [-0.2, -0.15) is 0 Å². The Morgan fingerprint density at radius 3 is 2.70 bits per heavy atom. The molecule has 1 fully saturated rings. The van der Waals surface area contributed by atoms with Crippen molar-refractivity contribution in [3.05, 3.63) is 18.2 Å². The Balaban J connectivity index is 1.73. The zero-order chi connectivity index (χ0) is 14.0. The van der Waals surface area contributed by atoms with Crippen molar-refractivity contribution in [1.29, 1.82) is 0 Å². The molecular formula is C13H17NO5S. The minimum atomic E-state index is -3.52. The summed E-state index contributed by atoms with van der Waals surface area (Å²) >= 11 is 0. The first-order valence-corrected chi connectivity index (χ1v) is 8.10. The van der Waals surface area contributed by atoms with Crippen LogP contribution in [0.4, 0.5) is 0 Å². The Labute approximate surface area is 118 Å². The third kappa shape index (κ3) is 2.89. The SMILES string of the molecule is O=S(=O)(NC[C@@H]1CCOC1)c1ccc2c(c1)OCCO2. The third-order valence-corrected chi connectivity index (χ3v) is 4.83. The fourth-order valence-corrected chi connectivity index (χ4v) is 3.38. The van der Waals surface area contributed by atoms with Crippen LogP contribution in [0, 0.1) is 5.92 Å². The number of ether oxygens (including phenoxy) is 3. The van der Waals surface area contributed by atoms with Crippen LogP contribution >= 0.6 is 0 Å². The van der Waals surface area contributed by atoms with E-state index in [-0.39, 0.29) is 10.8 Å². The van der Waals surface area contributed by atoms with Gasteiger partial charge in [0.1, 0.15) is 13.2 Å². The monoisotopic (exact) mass is 299 g/mol. The molecule has 2 heterocycles. The summed E-state index contributed by atoms with van der Waals surface area (Å²) in [6.45, 7) is 2.64. The first-order chi connectivity index (χ1) is 9.65. The van der Waals surface area contributed by atoms with Gasteiger partial charge in [0.2, 0.25) is 10.0 Å². The predicted molar refractivity (Wildman–Crippen MR) is 71.5 cm³/mol. The summed E-state index contributed by atoms with van der Waals surface area (Å²) in [5.41, 5.74) is 0. The number of hydrogen-bond donors (Lipinski definition) is 1. The van der Waals surface area contributed by atoms with Crippen molar-refractivity contribution in [3.8, 4) is 11.5 Å². The number of fused-ring (bicyclic) bond motifs is 1. The van der Waals surface area contributed by atoms with Crippen LogP contribution < -0.4 is 14.2 Å². The molecule has 3 rings (SSSR count). The van der Waals surface area contributed by atoms with Crippen molar-refractivity contribution >= 4 is 10.0 Å². The Bertz CT molecular complexity index is 580. The van der Waals surface area contributed by atoms with Gasteiger partial charge in [-0.25, -0.2) is 13.1 Å². The number of nitrogens with one attached hydrogen (secondary N) is 1. The molecule has 0 unspecified atom stereocenters. The van der Waals surface area contributed by atoms with Gasteiger partial charge in [0.15, 0.2) is 11.5 Å². The molecule has 0 bridgehead atoms.